The first-order valence-electron chi connectivity index (χ1n) is 10.8. The Labute approximate surface area is 206 Å². The summed E-state index contributed by atoms with van der Waals surface area (Å²) in [6.07, 6.45) is 5.79. The van der Waals surface area contributed by atoms with E-state index in [0.29, 0.717) is 22.7 Å². The first-order valence-corrected chi connectivity index (χ1v) is 13.1. The number of hydrogen-bond donors (Lipinski definition) is 2. The number of hydrogen-bond acceptors (Lipinski definition) is 5. The van der Waals surface area contributed by atoms with Gasteiger partial charge in [-0.25, -0.2) is 8.42 Å². The highest BCUT2D eigenvalue weighted by Crippen LogP contribution is 2.37. The minimum Gasteiger partial charge on any atom is -0.496 e. The summed E-state index contributed by atoms with van der Waals surface area (Å²) in [5.41, 5.74) is 4.54. The van der Waals surface area contributed by atoms with E-state index >= 15 is 8.78 Å². The topological polar surface area (TPSA) is 108 Å². The number of alkyl halides is 2. The molecular formula is C23H27BrF2N2O5S. The van der Waals surface area contributed by atoms with Crippen molar-refractivity contribution in [3.63, 3.8) is 0 Å². The fraction of sp³-hybridized carbons (Fsp3) is 0.435. The fourth-order valence-corrected chi connectivity index (χ4v) is 5.46. The summed E-state index contributed by atoms with van der Waals surface area (Å²) >= 11 is 3.16. The van der Waals surface area contributed by atoms with Gasteiger partial charge < -0.3 is 15.2 Å². The Morgan fingerprint density at radius 3 is 2.41 bits per heavy atom. The van der Waals surface area contributed by atoms with Gasteiger partial charge in [0.25, 0.3) is 5.92 Å². The number of rotatable bonds is 10. The summed E-state index contributed by atoms with van der Waals surface area (Å²) in [5, 5.41) is 0. The zero-order valence-corrected chi connectivity index (χ0v) is 21.0. The van der Waals surface area contributed by atoms with Gasteiger partial charge in [0, 0.05) is 5.56 Å². The van der Waals surface area contributed by atoms with Crippen LogP contribution in [0.1, 0.15) is 37.7 Å². The second-order valence-electron chi connectivity index (χ2n) is 8.22. The van der Waals surface area contributed by atoms with Crippen molar-refractivity contribution in [3.8, 4) is 11.5 Å². The van der Waals surface area contributed by atoms with Gasteiger partial charge in [0.1, 0.15) is 11.5 Å². The molecule has 0 bridgehead atoms. The molecule has 186 valence electrons. The third-order valence-corrected chi connectivity index (χ3v) is 7.89. The largest absolute Gasteiger partial charge is 0.496 e. The molecule has 0 saturated heterocycles. The zero-order chi connectivity index (χ0) is 24.9. The van der Waals surface area contributed by atoms with Crippen molar-refractivity contribution in [2.24, 2.45) is 11.7 Å². The molecule has 1 aliphatic carbocycles. The number of halogens is 3. The van der Waals surface area contributed by atoms with Gasteiger partial charge in [-0.05, 0) is 71.1 Å². The molecule has 11 heteroatoms. The maximum absolute atomic E-state index is 15.2. The van der Waals surface area contributed by atoms with Crippen molar-refractivity contribution in [2.75, 3.05) is 13.7 Å². The van der Waals surface area contributed by atoms with E-state index in [1.54, 1.807) is 4.72 Å². The van der Waals surface area contributed by atoms with E-state index in [2.05, 4.69) is 15.9 Å². The van der Waals surface area contributed by atoms with Gasteiger partial charge in [-0.2, -0.15) is 13.5 Å². The Hall–Kier alpha value is -2.24. The minimum atomic E-state index is -4.50. The van der Waals surface area contributed by atoms with E-state index in [1.165, 1.54) is 56.7 Å². The van der Waals surface area contributed by atoms with Crippen molar-refractivity contribution in [3.05, 3.63) is 52.5 Å². The molecule has 2 aromatic carbocycles. The van der Waals surface area contributed by atoms with Crippen LogP contribution in [0.15, 0.2) is 51.8 Å². The second kappa shape index (κ2) is 11.0. The number of nitrogens with one attached hydrogen (secondary N) is 1. The lowest BCUT2D eigenvalue weighted by Crippen LogP contribution is -2.53. The van der Waals surface area contributed by atoms with Gasteiger partial charge in [-0.15, -0.1) is 0 Å². The molecular weight excluding hydrogens is 534 g/mol. The Morgan fingerprint density at radius 2 is 1.82 bits per heavy atom. The third-order valence-electron chi connectivity index (χ3n) is 5.80. The van der Waals surface area contributed by atoms with Crippen molar-refractivity contribution in [1.29, 1.82) is 0 Å². The summed E-state index contributed by atoms with van der Waals surface area (Å²) in [6.45, 7) is 0.539. The average Bonchev–Trinajstić information content (AvgIpc) is 2.82. The van der Waals surface area contributed by atoms with Crippen LogP contribution in [0.3, 0.4) is 0 Å². The van der Waals surface area contributed by atoms with Crippen LogP contribution in [0.2, 0.25) is 0 Å². The summed E-state index contributed by atoms with van der Waals surface area (Å²) in [6, 6.07) is 6.21. The standard InChI is InChI=1S/C23H27BrF2N2O5S/c1-32-20-13-16(7-12-19(20)24)23(25,26)21(22(27)29)28-34(30,31)18-10-8-17(9-11-18)33-14-15-5-3-2-4-6-15/h7-13,15,21,28H,2-6,14H2,1H3,(H2,27,29)/t21-/m0/s1. The van der Waals surface area contributed by atoms with Crippen LogP contribution in [-0.2, 0) is 20.7 Å². The number of amides is 1. The average molecular weight is 561 g/mol. The molecule has 1 saturated carbocycles. The molecule has 0 spiro atoms. The van der Waals surface area contributed by atoms with E-state index in [4.69, 9.17) is 15.2 Å². The van der Waals surface area contributed by atoms with Crippen LogP contribution >= 0.6 is 15.9 Å². The first-order chi connectivity index (χ1) is 16.0. The van der Waals surface area contributed by atoms with Gasteiger partial charge >= 0.3 is 0 Å². The van der Waals surface area contributed by atoms with Gasteiger partial charge in [0.2, 0.25) is 15.9 Å². The highest BCUT2D eigenvalue weighted by Gasteiger charge is 2.47. The highest BCUT2D eigenvalue weighted by molar-refractivity contribution is 9.10. The van der Waals surface area contributed by atoms with E-state index in [9.17, 15) is 13.2 Å². The maximum Gasteiger partial charge on any atom is 0.298 e. The molecule has 0 heterocycles. The first kappa shape index (κ1) is 26.4. The van der Waals surface area contributed by atoms with Gasteiger partial charge in [-0.3, -0.25) is 4.79 Å². The van der Waals surface area contributed by atoms with Crippen molar-refractivity contribution in [1.82, 2.24) is 4.72 Å². The molecule has 1 aliphatic rings. The lowest BCUT2D eigenvalue weighted by molar-refractivity contribution is -0.130. The van der Waals surface area contributed by atoms with Crippen LogP contribution in [0.25, 0.3) is 0 Å². The molecule has 34 heavy (non-hydrogen) atoms. The monoisotopic (exact) mass is 560 g/mol. The minimum absolute atomic E-state index is 0.0899. The molecule has 7 nitrogen and oxygen atoms in total. The SMILES string of the molecule is COc1cc(C(F)(F)[C@@H](NS(=O)(=O)c2ccc(OCC3CCCCC3)cc2)C(N)=O)ccc1Br. The van der Waals surface area contributed by atoms with Crippen LogP contribution in [-0.4, -0.2) is 34.1 Å². The molecule has 0 aromatic heterocycles. The summed E-state index contributed by atoms with van der Waals surface area (Å²) in [7, 11) is -3.21. The van der Waals surface area contributed by atoms with Crippen LogP contribution < -0.4 is 19.9 Å². The predicted molar refractivity (Wildman–Crippen MR) is 126 cm³/mol. The smallest absolute Gasteiger partial charge is 0.298 e. The van der Waals surface area contributed by atoms with E-state index in [-0.39, 0.29) is 10.6 Å². The summed E-state index contributed by atoms with van der Waals surface area (Å²) < 4.78 is 68.9. The number of primary amides is 1. The highest BCUT2D eigenvalue weighted by atomic mass is 79.9. The molecule has 3 rings (SSSR count). The number of carbonyl (C=O) groups is 1. The Bertz CT molecular complexity index is 1110. The molecule has 1 atom stereocenters. The van der Waals surface area contributed by atoms with E-state index in [0.717, 1.165) is 25.0 Å². The molecule has 1 fully saturated rings. The van der Waals surface area contributed by atoms with Crippen molar-refractivity contribution >= 4 is 31.9 Å². The molecule has 3 N–H and O–H groups in total. The lowest BCUT2D eigenvalue weighted by Gasteiger charge is -2.26. The van der Waals surface area contributed by atoms with E-state index in [1.807, 2.05) is 0 Å². The quantitative estimate of drug-likeness (QED) is 0.449. The predicted octanol–water partition coefficient (Wildman–Crippen LogP) is 4.34. The Kier molecular flexibility index (Phi) is 8.53. The summed E-state index contributed by atoms with van der Waals surface area (Å²) in [4.78, 5) is 11.6. The van der Waals surface area contributed by atoms with Crippen LogP contribution in [0.5, 0.6) is 11.5 Å². The second-order valence-corrected chi connectivity index (χ2v) is 10.8. The molecule has 1 amide bonds. The van der Waals surface area contributed by atoms with Gasteiger partial charge in [0.05, 0.1) is 23.1 Å². The summed E-state index contributed by atoms with van der Waals surface area (Å²) in [5.74, 6) is -4.44. The third kappa shape index (κ3) is 6.25. The Balaban J connectivity index is 1.76. The van der Waals surface area contributed by atoms with Crippen molar-refractivity contribution in [2.45, 2.75) is 49.0 Å². The Morgan fingerprint density at radius 1 is 1.18 bits per heavy atom. The lowest BCUT2D eigenvalue weighted by atomic mass is 9.90. The molecule has 0 aliphatic heterocycles. The molecule has 0 radical (unpaired) electrons. The number of carbonyl (C=O) groups excluding carboxylic acids is 1. The number of benzene rings is 2. The fourth-order valence-electron chi connectivity index (χ4n) is 3.85. The van der Waals surface area contributed by atoms with Crippen LogP contribution in [0.4, 0.5) is 8.78 Å². The zero-order valence-electron chi connectivity index (χ0n) is 18.6. The molecule has 2 aromatic rings. The van der Waals surface area contributed by atoms with Crippen LogP contribution in [0, 0.1) is 5.92 Å². The van der Waals surface area contributed by atoms with Gasteiger partial charge in [0.15, 0.2) is 6.04 Å². The van der Waals surface area contributed by atoms with E-state index < -0.39 is 33.5 Å². The maximum atomic E-state index is 15.2. The van der Waals surface area contributed by atoms with Gasteiger partial charge in [-0.1, -0.05) is 25.3 Å². The number of sulfonamides is 1. The number of nitrogens with two attached hydrogens (primary N) is 1. The molecule has 0 unspecified atom stereocenters. The van der Waals surface area contributed by atoms with Crippen molar-refractivity contribution < 1.29 is 31.5 Å². The number of ether oxygens (including phenoxy) is 2. The normalized spacial score (nSPS) is 16.1. The number of methoxy groups -OCH3 is 1.